The Labute approximate surface area is 133 Å². The van der Waals surface area contributed by atoms with Crippen LogP contribution in [0, 0.1) is 13.8 Å². The molecule has 6 nitrogen and oxygen atoms in total. The molecule has 0 saturated carbocycles. The summed E-state index contributed by atoms with van der Waals surface area (Å²) < 4.78 is 7.71. The van der Waals surface area contributed by atoms with Gasteiger partial charge in [0.05, 0.1) is 0 Å². The summed E-state index contributed by atoms with van der Waals surface area (Å²) >= 11 is 1.40. The first kappa shape index (κ1) is 15.2. The molecule has 1 saturated heterocycles. The highest BCUT2D eigenvalue weighted by Crippen LogP contribution is 2.31. The van der Waals surface area contributed by atoms with Crippen LogP contribution >= 0.6 is 11.3 Å². The van der Waals surface area contributed by atoms with Gasteiger partial charge < -0.3 is 14.6 Å². The third kappa shape index (κ3) is 3.36. The number of anilines is 1. The number of nitrogens with zero attached hydrogens (tertiary/aromatic N) is 3. The quantitative estimate of drug-likeness (QED) is 0.920. The Morgan fingerprint density at radius 2 is 2.18 bits per heavy atom. The van der Waals surface area contributed by atoms with Gasteiger partial charge in [-0.15, -0.1) is 10.2 Å². The molecule has 1 amide bonds. The zero-order chi connectivity index (χ0) is 15.5. The lowest BCUT2D eigenvalue weighted by molar-refractivity contribution is -0.116. The van der Waals surface area contributed by atoms with Crippen molar-refractivity contribution < 1.29 is 9.53 Å². The molecule has 0 bridgehead atoms. The molecule has 0 unspecified atom stereocenters. The number of hydrogen-bond donors (Lipinski definition) is 1. The number of hydrogen-bond acceptors (Lipinski definition) is 5. The van der Waals surface area contributed by atoms with E-state index in [9.17, 15) is 4.79 Å². The number of carbonyl (C=O) groups is 1. The number of aromatic nitrogens is 3. The predicted octanol–water partition coefficient (Wildman–Crippen LogP) is 2.84. The van der Waals surface area contributed by atoms with Gasteiger partial charge >= 0.3 is 0 Å². The van der Waals surface area contributed by atoms with E-state index in [0.29, 0.717) is 18.1 Å². The first-order valence-electron chi connectivity index (χ1n) is 7.51. The van der Waals surface area contributed by atoms with Gasteiger partial charge in [0.15, 0.2) is 0 Å². The van der Waals surface area contributed by atoms with Gasteiger partial charge in [-0.25, -0.2) is 0 Å². The minimum absolute atomic E-state index is 0.0393. The maximum absolute atomic E-state index is 12.0. The lowest BCUT2D eigenvalue weighted by Crippen LogP contribution is -2.15. The van der Waals surface area contributed by atoms with Crippen molar-refractivity contribution in [2.24, 2.45) is 0 Å². The topological polar surface area (TPSA) is 69.0 Å². The zero-order valence-electron chi connectivity index (χ0n) is 12.8. The van der Waals surface area contributed by atoms with E-state index in [2.05, 4.69) is 32.2 Å². The van der Waals surface area contributed by atoms with Crippen LogP contribution in [0.4, 0.5) is 5.13 Å². The van der Waals surface area contributed by atoms with Gasteiger partial charge in [0.1, 0.15) is 11.1 Å². The van der Waals surface area contributed by atoms with Crippen molar-refractivity contribution in [1.82, 2.24) is 14.8 Å². The standard InChI is InChI=1S/C15H20N4O2S/c1-10-5-6-11(2)19(10)8-7-13(20)16-15-18-17-14(22-15)12-4-3-9-21-12/h5-6,12H,3-4,7-9H2,1-2H3,(H,16,18,20)/t12-/m1/s1. The molecule has 22 heavy (non-hydrogen) atoms. The molecular weight excluding hydrogens is 300 g/mol. The van der Waals surface area contributed by atoms with Crippen molar-refractivity contribution in [1.29, 1.82) is 0 Å². The van der Waals surface area contributed by atoms with Gasteiger partial charge in [-0.05, 0) is 38.8 Å². The van der Waals surface area contributed by atoms with Crippen molar-refractivity contribution in [2.75, 3.05) is 11.9 Å². The maximum Gasteiger partial charge on any atom is 0.227 e. The Bertz CT molecular complexity index is 639. The highest BCUT2D eigenvalue weighted by molar-refractivity contribution is 7.15. The van der Waals surface area contributed by atoms with Crippen LogP contribution in [0.1, 0.15) is 41.8 Å². The van der Waals surface area contributed by atoms with Crippen LogP contribution in [-0.4, -0.2) is 27.3 Å². The van der Waals surface area contributed by atoms with Crippen molar-refractivity contribution in [3.05, 3.63) is 28.5 Å². The first-order valence-corrected chi connectivity index (χ1v) is 8.33. The van der Waals surface area contributed by atoms with E-state index in [0.717, 1.165) is 24.5 Å². The lowest BCUT2D eigenvalue weighted by atomic mass is 10.2. The molecule has 1 fully saturated rings. The molecule has 0 radical (unpaired) electrons. The van der Waals surface area contributed by atoms with E-state index in [4.69, 9.17) is 4.74 Å². The van der Waals surface area contributed by atoms with Gasteiger partial charge in [0.2, 0.25) is 11.0 Å². The average Bonchev–Trinajstić information content (AvgIpc) is 3.20. The molecule has 1 N–H and O–H groups in total. The Morgan fingerprint density at radius 1 is 1.41 bits per heavy atom. The fraction of sp³-hybridized carbons (Fsp3) is 0.533. The highest BCUT2D eigenvalue weighted by Gasteiger charge is 2.22. The minimum atomic E-state index is -0.0393. The first-order chi connectivity index (χ1) is 10.6. The molecular formula is C15H20N4O2S. The number of amides is 1. The fourth-order valence-electron chi connectivity index (χ4n) is 2.63. The van der Waals surface area contributed by atoms with Gasteiger partial charge in [-0.3, -0.25) is 4.79 Å². The Balaban J connectivity index is 1.53. The molecule has 0 spiro atoms. The van der Waals surface area contributed by atoms with Gasteiger partial charge in [-0.1, -0.05) is 11.3 Å². The molecule has 2 aromatic heterocycles. The molecule has 3 rings (SSSR count). The van der Waals surface area contributed by atoms with Gasteiger partial charge in [0, 0.05) is 31.0 Å². The largest absolute Gasteiger partial charge is 0.371 e. The van der Waals surface area contributed by atoms with Crippen molar-refractivity contribution in [3.63, 3.8) is 0 Å². The molecule has 7 heteroatoms. The number of carbonyl (C=O) groups excluding carboxylic acids is 1. The Kier molecular flexibility index (Phi) is 4.54. The summed E-state index contributed by atoms with van der Waals surface area (Å²) in [6.07, 6.45) is 2.51. The SMILES string of the molecule is Cc1ccc(C)n1CCC(=O)Nc1nnc([C@H]2CCCO2)s1. The summed E-state index contributed by atoms with van der Waals surface area (Å²) in [4.78, 5) is 12.0. The molecule has 2 aromatic rings. The van der Waals surface area contributed by atoms with Crippen LogP contribution in [0.3, 0.4) is 0 Å². The fourth-order valence-corrected chi connectivity index (χ4v) is 3.48. The minimum Gasteiger partial charge on any atom is -0.371 e. The molecule has 0 aliphatic carbocycles. The van der Waals surface area contributed by atoms with Crippen LogP contribution in [0.5, 0.6) is 0 Å². The summed E-state index contributed by atoms with van der Waals surface area (Å²) in [6.45, 7) is 5.54. The Morgan fingerprint density at radius 3 is 2.86 bits per heavy atom. The summed E-state index contributed by atoms with van der Waals surface area (Å²) in [6, 6.07) is 4.12. The van der Waals surface area contributed by atoms with Crippen molar-refractivity contribution in [3.8, 4) is 0 Å². The van der Waals surface area contributed by atoms with Crippen LogP contribution in [0.25, 0.3) is 0 Å². The second kappa shape index (κ2) is 6.58. The van der Waals surface area contributed by atoms with Crippen LogP contribution in [0.15, 0.2) is 12.1 Å². The third-order valence-electron chi connectivity index (χ3n) is 3.87. The molecule has 1 aliphatic heterocycles. The summed E-state index contributed by atoms with van der Waals surface area (Å²) in [5, 5.41) is 12.4. The van der Waals surface area contributed by atoms with Crippen molar-refractivity contribution in [2.45, 2.75) is 45.8 Å². The van der Waals surface area contributed by atoms with E-state index in [1.165, 1.54) is 22.7 Å². The van der Waals surface area contributed by atoms with E-state index in [-0.39, 0.29) is 12.0 Å². The summed E-state index contributed by atoms with van der Waals surface area (Å²) in [5.74, 6) is -0.0393. The zero-order valence-corrected chi connectivity index (χ0v) is 13.7. The molecule has 118 valence electrons. The highest BCUT2D eigenvalue weighted by atomic mass is 32.1. The van der Waals surface area contributed by atoms with E-state index < -0.39 is 0 Å². The smallest absolute Gasteiger partial charge is 0.227 e. The molecule has 1 atom stereocenters. The van der Waals surface area contributed by atoms with E-state index in [1.807, 2.05) is 13.8 Å². The average molecular weight is 320 g/mol. The van der Waals surface area contributed by atoms with Gasteiger partial charge in [0.25, 0.3) is 0 Å². The number of aryl methyl sites for hydroxylation is 2. The monoisotopic (exact) mass is 320 g/mol. The Hall–Kier alpha value is -1.73. The lowest BCUT2D eigenvalue weighted by Gasteiger charge is -2.08. The molecule has 3 heterocycles. The normalized spacial score (nSPS) is 17.8. The predicted molar refractivity (Wildman–Crippen MR) is 85.0 cm³/mol. The number of ether oxygens (including phenoxy) is 1. The van der Waals surface area contributed by atoms with Gasteiger partial charge in [-0.2, -0.15) is 0 Å². The van der Waals surface area contributed by atoms with E-state index >= 15 is 0 Å². The van der Waals surface area contributed by atoms with E-state index in [1.54, 1.807) is 0 Å². The second-order valence-corrected chi connectivity index (χ2v) is 6.52. The number of nitrogens with one attached hydrogen (secondary N) is 1. The maximum atomic E-state index is 12.0. The molecule has 0 aromatic carbocycles. The van der Waals surface area contributed by atoms with Crippen LogP contribution in [-0.2, 0) is 16.1 Å². The van der Waals surface area contributed by atoms with Crippen LogP contribution in [0.2, 0.25) is 0 Å². The summed E-state index contributed by atoms with van der Waals surface area (Å²) in [7, 11) is 0. The number of rotatable bonds is 5. The summed E-state index contributed by atoms with van der Waals surface area (Å²) in [5.41, 5.74) is 2.34. The van der Waals surface area contributed by atoms with Crippen LogP contribution < -0.4 is 5.32 Å². The molecule has 1 aliphatic rings. The second-order valence-electron chi connectivity index (χ2n) is 5.51. The van der Waals surface area contributed by atoms with Crippen molar-refractivity contribution >= 4 is 22.4 Å². The third-order valence-corrected chi connectivity index (χ3v) is 4.80.